The van der Waals surface area contributed by atoms with Gasteiger partial charge in [-0.25, -0.2) is 15.0 Å². The van der Waals surface area contributed by atoms with Gasteiger partial charge in [0.2, 0.25) is 0 Å². The third kappa shape index (κ3) is 6.03. The van der Waals surface area contributed by atoms with Crippen molar-refractivity contribution in [2.75, 3.05) is 13.6 Å². The minimum Gasteiger partial charge on any atom is -0.357 e. The number of guanidine groups is 1. The van der Waals surface area contributed by atoms with Crippen LogP contribution in [0.3, 0.4) is 0 Å². The SMILES string of the molecule is CCNC(=NCc1ncc(-c2ccccc2)[nH]1)N(C)Cc1csc(C)n1.I. The van der Waals surface area contributed by atoms with Crippen LogP contribution in [0.1, 0.15) is 23.4 Å². The topological polar surface area (TPSA) is 69.2 Å². The molecule has 0 aliphatic heterocycles. The highest BCUT2D eigenvalue weighted by molar-refractivity contribution is 14.0. The van der Waals surface area contributed by atoms with Crippen molar-refractivity contribution in [1.82, 2.24) is 25.2 Å². The maximum atomic E-state index is 4.71. The number of hydrogen-bond donors (Lipinski definition) is 2. The number of aliphatic imine (C=N–C) groups is 1. The van der Waals surface area contributed by atoms with Gasteiger partial charge in [0, 0.05) is 19.0 Å². The van der Waals surface area contributed by atoms with E-state index < -0.39 is 0 Å². The van der Waals surface area contributed by atoms with Crippen molar-refractivity contribution < 1.29 is 0 Å². The lowest BCUT2D eigenvalue weighted by Gasteiger charge is -2.21. The fourth-order valence-electron chi connectivity index (χ4n) is 2.63. The van der Waals surface area contributed by atoms with Crippen LogP contribution in [0.4, 0.5) is 0 Å². The molecule has 2 N–H and O–H groups in total. The summed E-state index contributed by atoms with van der Waals surface area (Å²) in [5.41, 5.74) is 3.19. The number of aromatic amines is 1. The number of hydrogen-bond acceptors (Lipinski definition) is 4. The maximum absolute atomic E-state index is 4.71. The Morgan fingerprint density at radius 3 is 2.74 bits per heavy atom. The Hall–Kier alpha value is -1.94. The number of thiazole rings is 1. The van der Waals surface area contributed by atoms with E-state index in [-0.39, 0.29) is 24.0 Å². The van der Waals surface area contributed by atoms with E-state index in [1.165, 1.54) is 0 Å². The summed E-state index contributed by atoms with van der Waals surface area (Å²) in [6.45, 7) is 6.12. The van der Waals surface area contributed by atoms with E-state index in [4.69, 9.17) is 4.99 Å². The van der Waals surface area contributed by atoms with Crippen LogP contribution < -0.4 is 5.32 Å². The summed E-state index contributed by atoms with van der Waals surface area (Å²) < 4.78 is 0. The molecule has 27 heavy (non-hydrogen) atoms. The first kappa shape index (κ1) is 21.4. The molecule has 0 saturated carbocycles. The van der Waals surface area contributed by atoms with E-state index >= 15 is 0 Å². The molecule has 0 saturated heterocycles. The minimum absolute atomic E-state index is 0. The molecule has 144 valence electrons. The molecule has 0 aliphatic carbocycles. The van der Waals surface area contributed by atoms with Crippen LogP contribution in [-0.4, -0.2) is 39.4 Å². The van der Waals surface area contributed by atoms with E-state index in [2.05, 4.69) is 49.6 Å². The third-order valence-electron chi connectivity index (χ3n) is 3.85. The largest absolute Gasteiger partial charge is 0.357 e. The van der Waals surface area contributed by atoms with Gasteiger partial charge < -0.3 is 15.2 Å². The minimum atomic E-state index is 0. The van der Waals surface area contributed by atoms with Gasteiger partial charge in [-0.1, -0.05) is 30.3 Å². The van der Waals surface area contributed by atoms with Crippen LogP contribution in [-0.2, 0) is 13.1 Å². The Morgan fingerprint density at radius 1 is 1.30 bits per heavy atom. The van der Waals surface area contributed by atoms with E-state index in [1.54, 1.807) is 11.3 Å². The van der Waals surface area contributed by atoms with Crippen molar-refractivity contribution in [1.29, 1.82) is 0 Å². The Bertz CT molecular complexity index is 858. The molecule has 0 radical (unpaired) electrons. The highest BCUT2D eigenvalue weighted by Crippen LogP contribution is 2.16. The van der Waals surface area contributed by atoms with Crippen molar-refractivity contribution in [3.8, 4) is 11.3 Å². The zero-order valence-corrected chi connectivity index (χ0v) is 18.9. The van der Waals surface area contributed by atoms with Gasteiger partial charge in [0.1, 0.15) is 12.4 Å². The van der Waals surface area contributed by atoms with Gasteiger partial charge in [-0.15, -0.1) is 35.3 Å². The lowest BCUT2D eigenvalue weighted by Crippen LogP contribution is -2.38. The van der Waals surface area contributed by atoms with Gasteiger partial charge in [-0.2, -0.15) is 0 Å². The van der Waals surface area contributed by atoms with Crippen LogP contribution in [0.25, 0.3) is 11.3 Å². The van der Waals surface area contributed by atoms with Gasteiger partial charge in [-0.3, -0.25) is 0 Å². The monoisotopic (exact) mass is 496 g/mol. The molecule has 3 rings (SSSR count). The molecule has 3 aromatic rings. The number of halogens is 1. The van der Waals surface area contributed by atoms with Gasteiger partial charge >= 0.3 is 0 Å². The molecule has 2 aromatic heterocycles. The molecule has 0 fully saturated rings. The average Bonchev–Trinajstić information content (AvgIpc) is 3.28. The summed E-state index contributed by atoms with van der Waals surface area (Å²) >= 11 is 1.67. The van der Waals surface area contributed by atoms with Crippen molar-refractivity contribution in [2.24, 2.45) is 4.99 Å². The van der Waals surface area contributed by atoms with Gasteiger partial charge in [0.25, 0.3) is 0 Å². The number of benzene rings is 1. The van der Waals surface area contributed by atoms with Crippen molar-refractivity contribution in [3.63, 3.8) is 0 Å². The summed E-state index contributed by atoms with van der Waals surface area (Å²) in [6.07, 6.45) is 1.86. The fraction of sp³-hybridized carbons (Fsp3) is 0.316. The van der Waals surface area contributed by atoms with Crippen molar-refractivity contribution in [3.05, 3.63) is 58.4 Å². The quantitative estimate of drug-likeness (QED) is 0.307. The third-order valence-corrected chi connectivity index (χ3v) is 4.68. The Kier molecular flexibility index (Phi) is 8.23. The number of H-pyrrole nitrogens is 1. The molecule has 2 heterocycles. The second-order valence-corrected chi connectivity index (χ2v) is 7.06. The smallest absolute Gasteiger partial charge is 0.194 e. The number of aromatic nitrogens is 3. The first-order valence-electron chi connectivity index (χ1n) is 8.65. The predicted molar refractivity (Wildman–Crippen MR) is 123 cm³/mol. The number of nitrogens with one attached hydrogen (secondary N) is 2. The second-order valence-electron chi connectivity index (χ2n) is 5.99. The van der Waals surface area contributed by atoms with Crippen LogP contribution in [0, 0.1) is 6.92 Å². The molecule has 0 aliphatic rings. The summed E-state index contributed by atoms with van der Waals surface area (Å²) in [7, 11) is 2.02. The summed E-state index contributed by atoms with van der Waals surface area (Å²) in [6, 6.07) is 10.2. The number of aryl methyl sites for hydroxylation is 1. The van der Waals surface area contributed by atoms with E-state index in [9.17, 15) is 0 Å². The maximum Gasteiger partial charge on any atom is 0.194 e. The lowest BCUT2D eigenvalue weighted by molar-refractivity contribution is 0.470. The Labute approximate surface area is 181 Å². The highest BCUT2D eigenvalue weighted by Gasteiger charge is 2.09. The summed E-state index contributed by atoms with van der Waals surface area (Å²) in [5.74, 6) is 1.69. The number of imidazole rings is 1. The van der Waals surface area contributed by atoms with Crippen molar-refractivity contribution >= 4 is 41.3 Å². The number of nitrogens with zero attached hydrogens (tertiary/aromatic N) is 4. The van der Waals surface area contributed by atoms with Gasteiger partial charge in [-0.05, 0) is 19.4 Å². The van der Waals surface area contributed by atoms with Crippen LogP contribution in [0.5, 0.6) is 0 Å². The predicted octanol–water partition coefficient (Wildman–Crippen LogP) is 4.06. The highest BCUT2D eigenvalue weighted by atomic mass is 127. The molecule has 0 spiro atoms. The molecular weight excluding hydrogens is 471 g/mol. The van der Waals surface area contributed by atoms with Gasteiger partial charge in [0.15, 0.2) is 5.96 Å². The zero-order valence-electron chi connectivity index (χ0n) is 15.8. The standard InChI is InChI=1S/C19H24N6S.HI/c1-4-20-19(25(3)12-16-13-26-14(2)23-16)22-11-18-21-10-17(24-18)15-8-6-5-7-9-15;/h5-10,13H,4,11-12H2,1-3H3,(H,20,22)(H,21,24);1H. The summed E-state index contributed by atoms with van der Waals surface area (Å²) in [5, 5.41) is 6.50. The fourth-order valence-corrected chi connectivity index (χ4v) is 3.23. The van der Waals surface area contributed by atoms with E-state index in [0.29, 0.717) is 6.54 Å². The zero-order chi connectivity index (χ0) is 18.4. The molecule has 0 unspecified atom stereocenters. The molecule has 0 bridgehead atoms. The second kappa shape index (κ2) is 10.4. The molecule has 0 amide bonds. The number of rotatable bonds is 6. The lowest BCUT2D eigenvalue weighted by atomic mass is 10.2. The van der Waals surface area contributed by atoms with Crippen LogP contribution in [0.2, 0.25) is 0 Å². The molecule has 6 nitrogen and oxygen atoms in total. The Morgan fingerprint density at radius 2 is 2.07 bits per heavy atom. The van der Waals surface area contributed by atoms with Crippen LogP contribution in [0.15, 0.2) is 46.9 Å². The summed E-state index contributed by atoms with van der Waals surface area (Å²) in [4.78, 5) is 19.1. The van der Waals surface area contributed by atoms with Crippen molar-refractivity contribution in [2.45, 2.75) is 26.9 Å². The van der Waals surface area contributed by atoms with Gasteiger partial charge in [0.05, 0.1) is 29.1 Å². The molecule has 0 atom stereocenters. The Balaban J connectivity index is 0.00000261. The normalized spacial score (nSPS) is 11.1. The van der Waals surface area contributed by atoms with E-state index in [1.807, 2.05) is 38.4 Å². The molecular formula is C19H25IN6S. The molecule has 1 aromatic carbocycles. The average molecular weight is 496 g/mol. The first-order valence-corrected chi connectivity index (χ1v) is 9.53. The first-order chi connectivity index (χ1) is 12.7. The van der Waals surface area contributed by atoms with E-state index in [0.717, 1.165) is 46.8 Å². The molecule has 8 heteroatoms. The van der Waals surface area contributed by atoms with Crippen LogP contribution >= 0.6 is 35.3 Å².